The van der Waals surface area contributed by atoms with Crippen molar-refractivity contribution in [2.75, 3.05) is 7.05 Å². The Morgan fingerprint density at radius 1 is 1.19 bits per heavy atom. The molecule has 0 aliphatic heterocycles. The van der Waals surface area contributed by atoms with E-state index < -0.39 is 10.0 Å². The lowest BCUT2D eigenvalue weighted by Crippen LogP contribution is -2.26. The lowest BCUT2D eigenvalue weighted by Gasteiger charge is -2.15. The summed E-state index contributed by atoms with van der Waals surface area (Å²) >= 11 is 0. The molecule has 0 unspecified atom stereocenters. The summed E-state index contributed by atoms with van der Waals surface area (Å²) in [5.74, 6) is 1.61. The van der Waals surface area contributed by atoms with E-state index in [1.807, 2.05) is 19.1 Å². The van der Waals surface area contributed by atoms with Gasteiger partial charge in [0.05, 0.1) is 11.4 Å². The fourth-order valence-electron chi connectivity index (χ4n) is 2.66. The van der Waals surface area contributed by atoms with Crippen LogP contribution in [-0.4, -0.2) is 32.3 Å². The van der Waals surface area contributed by atoms with Crippen molar-refractivity contribution in [1.82, 2.24) is 9.62 Å². The van der Waals surface area contributed by atoms with Gasteiger partial charge in [0.15, 0.2) is 0 Å². The van der Waals surface area contributed by atoms with Gasteiger partial charge in [-0.15, -0.1) is 0 Å². The van der Waals surface area contributed by atoms with Crippen LogP contribution in [0.15, 0.2) is 45.7 Å². The Balaban J connectivity index is 1.51. The molecular weight excluding hydrogens is 352 g/mol. The topological polar surface area (TPSA) is 79.6 Å². The first-order valence-corrected chi connectivity index (χ1v) is 10.2. The van der Waals surface area contributed by atoms with Crippen LogP contribution in [0.2, 0.25) is 0 Å². The molecule has 1 aliphatic carbocycles. The van der Waals surface area contributed by atoms with Crippen LogP contribution in [-0.2, 0) is 27.8 Å². The van der Waals surface area contributed by atoms with Crippen LogP contribution in [0, 0.1) is 6.92 Å². The van der Waals surface area contributed by atoms with Crippen LogP contribution in [0.25, 0.3) is 0 Å². The van der Waals surface area contributed by atoms with Crippen molar-refractivity contribution in [3.63, 3.8) is 0 Å². The second-order valence-corrected chi connectivity index (χ2v) is 8.52. The Bertz CT molecular complexity index is 867. The lowest BCUT2D eigenvalue weighted by molar-refractivity contribution is -0.130. The first-order chi connectivity index (χ1) is 12.3. The van der Waals surface area contributed by atoms with Gasteiger partial charge < -0.3 is 9.32 Å². The molecule has 0 spiro atoms. The maximum Gasteiger partial charge on any atom is 0.240 e. The van der Waals surface area contributed by atoms with E-state index in [1.165, 1.54) is 0 Å². The molecule has 0 bridgehead atoms. The van der Waals surface area contributed by atoms with Crippen molar-refractivity contribution >= 4 is 15.9 Å². The molecular formula is C19H24N2O4S. The average Bonchev–Trinajstić information content (AvgIpc) is 3.31. The van der Waals surface area contributed by atoms with Gasteiger partial charge in [-0.2, -0.15) is 0 Å². The number of hydrogen-bond donors (Lipinski definition) is 1. The van der Waals surface area contributed by atoms with Gasteiger partial charge in [0.25, 0.3) is 0 Å². The van der Waals surface area contributed by atoms with E-state index in [0.29, 0.717) is 19.4 Å². The number of hydrogen-bond acceptors (Lipinski definition) is 4. The number of rotatable bonds is 8. The number of carbonyl (C=O) groups excluding carboxylic acids is 1. The van der Waals surface area contributed by atoms with Gasteiger partial charge in [0, 0.05) is 19.5 Å². The molecule has 6 nitrogen and oxygen atoms in total. The normalized spacial score (nSPS) is 14.4. The highest BCUT2D eigenvalue weighted by molar-refractivity contribution is 7.89. The quantitative estimate of drug-likeness (QED) is 0.768. The van der Waals surface area contributed by atoms with Crippen molar-refractivity contribution in [2.24, 2.45) is 0 Å². The molecule has 7 heteroatoms. The molecule has 1 amide bonds. The standard InChI is InChI=1S/C19H24N2O4S/c1-14-3-9-17(25-14)13-21(2)19(22)12-6-15-4-10-18(11-5-15)26(23,24)20-16-7-8-16/h3-5,9-11,16,20H,6-8,12-13H2,1-2H3. The first-order valence-electron chi connectivity index (χ1n) is 8.74. The van der Waals surface area contributed by atoms with Crippen LogP contribution < -0.4 is 4.72 Å². The van der Waals surface area contributed by atoms with E-state index in [9.17, 15) is 13.2 Å². The van der Waals surface area contributed by atoms with E-state index in [-0.39, 0.29) is 16.8 Å². The predicted molar refractivity (Wildman–Crippen MR) is 98.0 cm³/mol. The smallest absolute Gasteiger partial charge is 0.240 e. The molecule has 1 fully saturated rings. The minimum Gasteiger partial charge on any atom is -0.464 e. The van der Waals surface area contributed by atoms with Gasteiger partial charge in [0.1, 0.15) is 11.5 Å². The molecule has 26 heavy (non-hydrogen) atoms. The summed E-state index contributed by atoms with van der Waals surface area (Å²) in [5.41, 5.74) is 0.936. The van der Waals surface area contributed by atoms with Crippen molar-refractivity contribution < 1.29 is 17.6 Å². The molecule has 1 aromatic heterocycles. The number of nitrogens with one attached hydrogen (secondary N) is 1. The van der Waals surface area contributed by atoms with Gasteiger partial charge in [-0.1, -0.05) is 12.1 Å². The third kappa shape index (κ3) is 4.95. The summed E-state index contributed by atoms with van der Waals surface area (Å²) in [6, 6.07) is 10.6. The first kappa shape index (κ1) is 18.7. The highest BCUT2D eigenvalue weighted by Gasteiger charge is 2.27. The van der Waals surface area contributed by atoms with E-state index in [0.717, 1.165) is 29.9 Å². The highest BCUT2D eigenvalue weighted by atomic mass is 32.2. The summed E-state index contributed by atoms with van der Waals surface area (Å²) < 4.78 is 32.4. The van der Waals surface area contributed by atoms with Gasteiger partial charge in [-0.05, 0) is 56.0 Å². The van der Waals surface area contributed by atoms with Crippen molar-refractivity contribution in [2.45, 2.75) is 50.1 Å². The van der Waals surface area contributed by atoms with Gasteiger partial charge in [-0.3, -0.25) is 4.79 Å². The highest BCUT2D eigenvalue weighted by Crippen LogP contribution is 2.22. The molecule has 0 saturated heterocycles. The van der Waals surface area contributed by atoms with Crippen LogP contribution in [0.5, 0.6) is 0 Å². The second-order valence-electron chi connectivity index (χ2n) is 6.80. The zero-order valence-corrected chi connectivity index (χ0v) is 15.9. The van der Waals surface area contributed by atoms with Gasteiger partial charge in [0.2, 0.25) is 15.9 Å². The maximum atomic E-state index is 12.3. The monoisotopic (exact) mass is 376 g/mol. The third-order valence-electron chi connectivity index (χ3n) is 4.38. The molecule has 2 aromatic rings. The fraction of sp³-hybridized carbons (Fsp3) is 0.421. The van der Waals surface area contributed by atoms with Gasteiger partial charge >= 0.3 is 0 Å². The van der Waals surface area contributed by atoms with Gasteiger partial charge in [-0.25, -0.2) is 13.1 Å². The number of carbonyl (C=O) groups is 1. The predicted octanol–water partition coefficient (Wildman–Crippen LogP) is 2.62. The Labute approximate surface area is 154 Å². The second kappa shape index (κ2) is 7.63. The average molecular weight is 376 g/mol. The van der Waals surface area contributed by atoms with E-state index >= 15 is 0 Å². The number of amides is 1. The molecule has 0 radical (unpaired) electrons. The fourth-order valence-corrected chi connectivity index (χ4v) is 3.96. The molecule has 3 rings (SSSR count). The van der Waals surface area contributed by atoms with E-state index in [4.69, 9.17) is 4.42 Å². The number of nitrogens with zero attached hydrogens (tertiary/aromatic N) is 1. The summed E-state index contributed by atoms with van der Waals surface area (Å²) in [4.78, 5) is 14.2. The summed E-state index contributed by atoms with van der Waals surface area (Å²) in [5, 5.41) is 0. The lowest BCUT2D eigenvalue weighted by atomic mass is 10.1. The minimum atomic E-state index is -3.43. The van der Waals surface area contributed by atoms with E-state index in [1.54, 1.807) is 36.2 Å². The molecule has 1 saturated carbocycles. The van der Waals surface area contributed by atoms with Crippen LogP contribution >= 0.6 is 0 Å². The number of aryl methyl sites for hydroxylation is 2. The Morgan fingerprint density at radius 3 is 2.46 bits per heavy atom. The maximum absolute atomic E-state index is 12.3. The van der Waals surface area contributed by atoms with Crippen molar-refractivity contribution in [3.05, 3.63) is 53.5 Å². The van der Waals surface area contributed by atoms with Crippen LogP contribution in [0.1, 0.15) is 36.3 Å². The molecule has 1 aliphatic rings. The summed E-state index contributed by atoms with van der Waals surface area (Å²) in [6.45, 7) is 2.31. The Morgan fingerprint density at radius 2 is 1.88 bits per heavy atom. The number of benzene rings is 1. The van der Waals surface area contributed by atoms with Crippen molar-refractivity contribution in [3.8, 4) is 0 Å². The minimum absolute atomic E-state index is 0.0196. The number of furan rings is 1. The zero-order valence-electron chi connectivity index (χ0n) is 15.1. The molecule has 1 N–H and O–H groups in total. The summed E-state index contributed by atoms with van der Waals surface area (Å²) in [7, 11) is -1.68. The SMILES string of the molecule is Cc1ccc(CN(C)C(=O)CCc2ccc(S(=O)(=O)NC3CC3)cc2)o1. The van der Waals surface area contributed by atoms with Crippen molar-refractivity contribution in [1.29, 1.82) is 0 Å². The molecule has 1 heterocycles. The largest absolute Gasteiger partial charge is 0.464 e. The van der Waals surface area contributed by atoms with Crippen LogP contribution in [0.4, 0.5) is 0 Å². The molecule has 1 aromatic carbocycles. The zero-order chi connectivity index (χ0) is 18.7. The molecule has 140 valence electrons. The third-order valence-corrected chi connectivity index (χ3v) is 5.91. The summed E-state index contributed by atoms with van der Waals surface area (Å²) in [6.07, 6.45) is 2.74. The number of sulfonamides is 1. The Kier molecular flexibility index (Phi) is 5.48. The molecule has 0 atom stereocenters. The van der Waals surface area contributed by atoms with Crippen LogP contribution in [0.3, 0.4) is 0 Å². The Hall–Kier alpha value is -2.12. The van der Waals surface area contributed by atoms with E-state index in [2.05, 4.69) is 4.72 Å².